The predicted molar refractivity (Wildman–Crippen MR) is 94.9 cm³/mol. The molecule has 124 valence electrons. The third kappa shape index (κ3) is 4.59. The molecule has 0 radical (unpaired) electrons. The van der Waals surface area contributed by atoms with Crippen LogP contribution in [0.3, 0.4) is 0 Å². The zero-order valence-corrected chi connectivity index (χ0v) is 14.4. The van der Waals surface area contributed by atoms with Crippen molar-refractivity contribution in [3.8, 4) is 0 Å². The molecular weight excluding hydrogens is 320 g/mol. The highest BCUT2D eigenvalue weighted by Gasteiger charge is 1.99. The number of benzene rings is 2. The van der Waals surface area contributed by atoms with E-state index in [0.29, 0.717) is 0 Å². The van der Waals surface area contributed by atoms with Gasteiger partial charge >= 0.3 is 0 Å². The van der Waals surface area contributed by atoms with Crippen LogP contribution in [0.1, 0.15) is 16.7 Å². The maximum atomic E-state index is 11.4. The van der Waals surface area contributed by atoms with Crippen molar-refractivity contribution in [2.45, 2.75) is 24.5 Å². The zero-order valence-electron chi connectivity index (χ0n) is 13.6. The number of hydrogen-bond acceptors (Lipinski definition) is 4. The molecule has 0 aliphatic heterocycles. The van der Waals surface area contributed by atoms with Crippen LogP contribution in [0, 0.1) is 0 Å². The average molecular weight is 340 g/mol. The minimum Gasteiger partial charge on any atom is -0.309 e. The summed E-state index contributed by atoms with van der Waals surface area (Å²) >= 11 is 0. The molecule has 1 N–H and O–H groups in total. The van der Waals surface area contributed by atoms with E-state index in [1.54, 1.807) is 23.6 Å². The second-order valence-electron chi connectivity index (χ2n) is 5.61. The Bertz CT molecular complexity index is 783. The van der Waals surface area contributed by atoms with Gasteiger partial charge in [0.2, 0.25) is 0 Å². The Labute approximate surface area is 144 Å². The molecule has 0 saturated carbocycles. The lowest BCUT2D eigenvalue weighted by molar-refractivity contribution is 0.680. The standard InChI is InChI=1S/C18H20N4OS/c1-24(23)18-8-6-16(7-9-18)11-19-10-15-2-4-17(5-3-15)12-22-14-20-13-21-22/h2-9,13-14,19H,10-12H2,1H3/t24-/m0/s1. The van der Waals surface area contributed by atoms with E-state index < -0.39 is 10.8 Å². The van der Waals surface area contributed by atoms with Crippen molar-refractivity contribution in [1.82, 2.24) is 20.1 Å². The third-order valence-electron chi connectivity index (χ3n) is 3.75. The van der Waals surface area contributed by atoms with Gasteiger partial charge in [-0.05, 0) is 28.8 Å². The molecule has 6 heteroatoms. The van der Waals surface area contributed by atoms with Gasteiger partial charge in [-0.2, -0.15) is 5.10 Å². The maximum Gasteiger partial charge on any atom is 0.137 e. The molecule has 0 fully saturated rings. The summed E-state index contributed by atoms with van der Waals surface area (Å²) in [5, 5.41) is 7.54. The molecular formula is C18H20N4OS. The Kier molecular flexibility index (Phi) is 5.51. The van der Waals surface area contributed by atoms with Crippen LogP contribution in [-0.4, -0.2) is 25.2 Å². The molecule has 1 heterocycles. The van der Waals surface area contributed by atoms with E-state index in [1.165, 1.54) is 16.7 Å². The molecule has 24 heavy (non-hydrogen) atoms. The Morgan fingerprint density at radius 3 is 2.08 bits per heavy atom. The van der Waals surface area contributed by atoms with Crippen molar-refractivity contribution in [3.05, 3.63) is 77.9 Å². The fourth-order valence-corrected chi connectivity index (χ4v) is 2.93. The van der Waals surface area contributed by atoms with Gasteiger partial charge in [-0.25, -0.2) is 9.67 Å². The van der Waals surface area contributed by atoms with Crippen molar-refractivity contribution in [1.29, 1.82) is 0 Å². The fourth-order valence-electron chi connectivity index (χ4n) is 2.41. The van der Waals surface area contributed by atoms with Crippen molar-refractivity contribution in [2.75, 3.05) is 6.26 Å². The summed E-state index contributed by atoms with van der Waals surface area (Å²) in [7, 11) is -0.918. The van der Waals surface area contributed by atoms with E-state index in [0.717, 1.165) is 24.5 Å². The van der Waals surface area contributed by atoms with Crippen LogP contribution in [0.2, 0.25) is 0 Å². The normalized spacial score (nSPS) is 12.2. The molecule has 0 amide bonds. The van der Waals surface area contributed by atoms with E-state index in [2.05, 4.69) is 39.7 Å². The van der Waals surface area contributed by atoms with Crippen LogP contribution in [-0.2, 0) is 30.4 Å². The van der Waals surface area contributed by atoms with Crippen LogP contribution in [0.5, 0.6) is 0 Å². The summed E-state index contributed by atoms with van der Waals surface area (Å²) in [5.74, 6) is 0. The van der Waals surface area contributed by atoms with Crippen LogP contribution in [0.25, 0.3) is 0 Å². The Hall–Kier alpha value is -2.31. The van der Waals surface area contributed by atoms with Gasteiger partial charge in [-0.3, -0.25) is 4.21 Å². The Morgan fingerprint density at radius 2 is 1.54 bits per heavy atom. The molecule has 3 aromatic rings. The summed E-state index contributed by atoms with van der Waals surface area (Å²) in [6.45, 7) is 2.33. The Balaban J connectivity index is 1.48. The largest absolute Gasteiger partial charge is 0.309 e. The first-order valence-corrected chi connectivity index (χ1v) is 9.30. The minimum absolute atomic E-state index is 0.735. The van der Waals surface area contributed by atoms with Gasteiger partial charge in [-0.15, -0.1) is 0 Å². The van der Waals surface area contributed by atoms with E-state index >= 15 is 0 Å². The summed E-state index contributed by atoms with van der Waals surface area (Å²) in [6, 6.07) is 16.4. The fraction of sp³-hybridized carbons (Fsp3) is 0.222. The maximum absolute atomic E-state index is 11.4. The van der Waals surface area contributed by atoms with E-state index in [-0.39, 0.29) is 0 Å². The van der Waals surface area contributed by atoms with Gasteiger partial charge in [0, 0.05) is 35.0 Å². The first kappa shape index (κ1) is 16.5. The van der Waals surface area contributed by atoms with Crippen molar-refractivity contribution < 1.29 is 4.21 Å². The number of hydrogen-bond donors (Lipinski definition) is 1. The molecule has 2 aromatic carbocycles. The molecule has 1 aromatic heterocycles. The van der Waals surface area contributed by atoms with Gasteiger partial charge < -0.3 is 5.32 Å². The average Bonchev–Trinajstić information content (AvgIpc) is 3.10. The van der Waals surface area contributed by atoms with Crippen LogP contribution in [0.4, 0.5) is 0 Å². The molecule has 3 rings (SSSR count). The van der Waals surface area contributed by atoms with E-state index in [9.17, 15) is 4.21 Å². The molecule has 0 aliphatic carbocycles. The van der Waals surface area contributed by atoms with E-state index in [4.69, 9.17) is 0 Å². The Morgan fingerprint density at radius 1 is 0.958 bits per heavy atom. The highest BCUT2D eigenvalue weighted by atomic mass is 32.2. The SMILES string of the molecule is C[S@](=O)c1ccc(CNCc2ccc(Cn3cncn3)cc2)cc1. The topological polar surface area (TPSA) is 59.8 Å². The molecule has 0 spiro atoms. The first-order valence-electron chi connectivity index (χ1n) is 7.74. The second-order valence-corrected chi connectivity index (χ2v) is 6.99. The van der Waals surface area contributed by atoms with Gasteiger partial charge in [0.05, 0.1) is 6.54 Å². The second kappa shape index (κ2) is 7.99. The van der Waals surface area contributed by atoms with Crippen LogP contribution in [0.15, 0.2) is 66.1 Å². The summed E-state index contributed by atoms with van der Waals surface area (Å²) < 4.78 is 13.2. The number of nitrogens with zero attached hydrogens (tertiary/aromatic N) is 3. The van der Waals surface area contributed by atoms with Gasteiger partial charge in [0.15, 0.2) is 0 Å². The molecule has 0 saturated heterocycles. The quantitative estimate of drug-likeness (QED) is 0.717. The van der Waals surface area contributed by atoms with Crippen molar-refractivity contribution in [2.24, 2.45) is 0 Å². The zero-order chi connectivity index (χ0) is 16.8. The third-order valence-corrected chi connectivity index (χ3v) is 4.68. The molecule has 0 bridgehead atoms. The highest BCUT2D eigenvalue weighted by molar-refractivity contribution is 7.84. The van der Waals surface area contributed by atoms with Crippen molar-refractivity contribution in [3.63, 3.8) is 0 Å². The molecule has 1 atom stereocenters. The van der Waals surface area contributed by atoms with Gasteiger partial charge in [-0.1, -0.05) is 36.4 Å². The van der Waals surface area contributed by atoms with Crippen LogP contribution < -0.4 is 5.32 Å². The lowest BCUT2D eigenvalue weighted by Crippen LogP contribution is -2.12. The summed E-state index contributed by atoms with van der Waals surface area (Å²) in [4.78, 5) is 4.81. The smallest absolute Gasteiger partial charge is 0.137 e. The first-order chi connectivity index (χ1) is 11.7. The lowest BCUT2D eigenvalue weighted by Gasteiger charge is -2.07. The number of rotatable bonds is 7. The van der Waals surface area contributed by atoms with Crippen molar-refractivity contribution >= 4 is 10.8 Å². The predicted octanol–water partition coefficient (Wildman–Crippen LogP) is 2.35. The minimum atomic E-state index is -0.918. The molecule has 0 aliphatic rings. The number of aromatic nitrogens is 3. The highest BCUT2D eigenvalue weighted by Crippen LogP contribution is 2.09. The molecule has 5 nitrogen and oxygen atoms in total. The summed E-state index contributed by atoms with van der Waals surface area (Å²) in [5.41, 5.74) is 3.63. The lowest BCUT2D eigenvalue weighted by atomic mass is 10.1. The monoisotopic (exact) mass is 340 g/mol. The molecule has 0 unspecified atom stereocenters. The summed E-state index contributed by atoms with van der Waals surface area (Å²) in [6.07, 6.45) is 4.96. The van der Waals surface area contributed by atoms with Gasteiger partial charge in [0.1, 0.15) is 12.7 Å². The number of nitrogens with one attached hydrogen (secondary N) is 1. The van der Waals surface area contributed by atoms with Crippen LogP contribution >= 0.6 is 0 Å². The van der Waals surface area contributed by atoms with E-state index in [1.807, 2.05) is 24.3 Å². The van der Waals surface area contributed by atoms with Gasteiger partial charge in [0.25, 0.3) is 0 Å².